The van der Waals surface area contributed by atoms with E-state index in [0.717, 1.165) is 25.3 Å². The summed E-state index contributed by atoms with van der Waals surface area (Å²) in [6, 6.07) is 45.0. The first-order chi connectivity index (χ1) is 17.9. The maximum atomic E-state index is 6.16. The average Bonchev–Trinajstić information content (AvgIpc) is 2.96. The summed E-state index contributed by atoms with van der Waals surface area (Å²) in [6.45, 7) is 1.47. The molecule has 4 aromatic rings. The summed E-state index contributed by atoms with van der Waals surface area (Å²) < 4.78 is 12.3. The second-order valence-corrected chi connectivity index (χ2v) is 11.0. The minimum atomic E-state index is 0.289. The highest BCUT2D eigenvalue weighted by Gasteiger charge is 2.15. The highest BCUT2D eigenvalue weighted by atomic mass is 28.2. The molecule has 0 aliphatic carbocycles. The fourth-order valence-corrected chi connectivity index (χ4v) is 5.98. The monoisotopic (exact) mass is 506 g/mol. The van der Waals surface area contributed by atoms with Crippen molar-refractivity contribution in [2.75, 3.05) is 13.2 Å². The van der Waals surface area contributed by atoms with Gasteiger partial charge in [-0.05, 0) is 34.3 Å². The third-order valence-electron chi connectivity index (χ3n) is 6.32. The lowest BCUT2D eigenvalue weighted by Gasteiger charge is -2.18. The molecule has 0 N–H and O–H groups in total. The van der Waals surface area contributed by atoms with Crippen molar-refractivity contribution in [2.45, 2.75) is 36.8 Å². The summed E-state index contributed by atoms with van der Waals surface area (Å²) >= 11 is 0. The Kier molecular flexibility index (Phi) is 11.2. The second-order valence-electron chi connectivity index (χ2n) is 8.87. The Morgan fingerprint density at radius 1 is 0.417 bits per heavy atom. The van der Waals surface area contributed by atoms with Crippen molar-refractivity contribution in [1.82, 2.24) is 0 Å². The predicted octanol–water partition coefficient (Wildman–Crippen LogP) is 7.54. The highest BCUT2D eigenvalue weighted by Crippen LogP contribution is 2.26. The summed E-state index contributed by atoms with van der Waals surface area (Å²) in [6.07, 6.45) is 2.38. The molecular weight excluding hydrogens is 473 g/mol. The van der Waals surface area contributed by atoms with Gasteiger partial charge < -0.3 is 8.85 Å². The van der Waals surface area contributed by atoms with Gasteiger partial charge in [-0.1, -0.05) is 134 Å². The first kappa shape index (κ1) is 26.3. The molecule has 0 bridgehead atoms. The topological polar surface area (TPSA) is 18.5 Å². The Labute approximate surface area is 221 Å². The number of rotatable bonds is 15. The molecule has 4 heteroatoms. The zero-order chi connectivity index (χ0) is 24.7. The van der Waals surface area contributed by atoms with Crippen molar-refractivity contribution in [3.8, 4) is 0 Å². The van der Waals surface area contributed by atoms with Crippen LogP contribution in [0.25, 0.3) is 0 Å². The van der Waals surface area contributed by atoms with Gasteiger partial charge in [0.15, 0.2) is 0 Å². The SMILES string of the molecule is c1ccc(C(CO[Si]CCCC[Si]OCC(c2ccccc2)c2ccccc2)c2ccccc2)cc1. The number of hydrogen-bond acceptors (Lipinski definition) is 2. The van der Waals surface area contributed by atoms with Crippen molar-refractivity contribution < 1.29 is 8.85 Å². The number of hydrogen-bond donors (Lipinski definition) is 0. The molecule has 0 spiro atoms. The molecule has 0 fully saturated rings. The molecule has 0 aliphatic rings. The van der Waals surface area contributed by atoms with Crippen LogP contribution in [0.2, 0.25) is 12.1 Å². The van der Waals surface area contributed by atoms with E-state index in [1.165, 1.54) is 35.1 Å². The molecule has 0 amide bonds. The van der Waals surface area contributed by atoms with Crippen LogP contribution in [0.5, 0.6) is 0 Å². The van der Waals surface area contributed by atoms with Gasteiger partial charge in [0.25, 0.3) is 0 Å². The molecule has 4 radical (unpaired) electrons. The van der Waals surface area contributed by atoms with Crippen molar-refractivity contribution >= 4 is 19.5 Å². The lowest BCUT2D eigenvalue weighted by atomic mass is 9.92. The molecule has 4 aromatic carbocycles. The number of benzene rings is 4. The summed E-state index contributed by atoms with van der Waals surface area (Å²) in [7, 11) is 1.10. The maximum Gasteiger partial charge on any atom is 0.229 e. The minimum absolute atomic E-state index is 0.289. The second kappa shape index (κ2) is 15.4. The van der Waals surface area contributed by atoms with Crippen molar-refractivity contribution in [3.63, 3.8) is 0 Å². The molecule has 0 saturated heterocycles. The first-order valence-electron chi connectivity index (χ1n) is 12.8. The standard InChI is InChI=1S/C32H34O2Si2/c1-5-15-27(16-6-1)31(28-17-7-2-8-18-28)25-33-35-23-13-14-24-36-34-26-32(29-19-9-3-10-20-29)30-21-11-4-12-22-30/h1-12,15-22,31-32H,13-14,23-26H2. The summed E-state index contributed by atoms with van der Waals surface area (Å²) in [5.41, 5.74) is 5.26. The van der Waals surface area contributed by atoms with Crippen molar-refractivity contribution in [3.05, 3.63) is 144 Å². The van der Waals surface area contributed by atoms with Crippen LogP contribution in [-0.2, 0) is 8.85 Å². The molecule has 0 unspecified atom stereocenters. The highest BCUT2D eigenvalue weighted by molar-refractivity contribution is 6.27. The molecule has 182 valence electrons. The summed E-state index contributed by atoms with van der Waals surface area (Å²) in [5, 5.41) is 0. The number of unbranched alkanes of at least 4 members (excludes halogenated alkanes) is 1. The van der Waals surface area contributed by atoms with E-state index in [2.05, 4.69) is 121 Å². The molecular formula is C32H34O2Si2. The van der Waals surface area contributed by atoms with Crippen LogP contribution in [-0.4, -0.2) is 32.7 Å². The molecule has 2 nitrogen and oxygen atoms in total. The van der Waals surface area contributed by atoms with Gasteiger partial charge in [0.1, 0.15) is 0 Å². The Morgan fingerprint density at radius 3 is 0.972 bits per heavy atom. The largest absolute Gasteiger partial charge is 0.416 e. The molecule has 0 saturated carbocycles. The summed E-state index contributed by atoms with van der Waals surface area (Å²) in [4.78, 5) is 0. The normalized spacial score (nSPS) is 11.3. The zero-order valence-electron chi connectivity index (χ0n) is 20.8. The zero-order valence-corrected chi connectivity index (χ0v) is 22.8. The van der Waals surface area contributed by atoms with E-state index in [0.29, 0.717) is 19.5 Å². The van der Waals surface area contributed by atoms with Gasteiger partial charge in [-0.2, -0.15) is 0 Å². The Balaban J connectivity index is 1.13. The van der Waals surface area contributed by atoms with Gasteiger partial charge in [0.05, 0.1) is 0 Å². The van der Waals surface area contributed by atoms with E-state index in [1.54, 1.807) is 0 Å². The van der Waals surface area contributed by atoms with Crippen LogP contribution in [0.4, 0.5) is 0 Å². The van der Waals surface area contributed by atoms with Crippen molar-refractivity contribution in [2.24, 2.45) is 0 Å². The molecule has 4 rings (SSSR count). The quantitative estimate of drug-likeness (QED) is 0.122. The lowest BCUT2D eigenvalue weighted by Crippen LogP contribution is -2.12. The van der Waals surface area contributed by atoms with E-state index in [-0.39, 0.29) is 11.8 Å². The van der Waals surface area contributed by atoms with Gasteiger partial charge in [-0.3, -0.25) is 0 Å². The van der Waals surface area contributed by atoms with E-state index in [1.807, 2.05) is 0 Å². The molecule has 36 heavy (non-hydrogen) atoms. The van der Waals surface area contributed by atoms with Gasteiger partial charge in [0, 0.05) is 25.0 Å². The molecule has 0 aromatic heterocycles. The molecule has 0 atom stereocenters. The molecule has 0 aliphatic heterocycles. The van der Waals surface area contributed by atoms with Crippen LogP contribution in [0.15, 0.2) is 121 Å². The Hall–Kier alpha value is -2.77. The van der Waals surface area contributed by atoms with Gasteiger partial charge in [0.2, 0.25) is 19.5 Å². The molecule has 0 heterocycles. The van der Waals surface area contributed by atoms with Gasteiger partial charge >= 0.3 is 0 Å². The van der Waals surface area contributed by atoms with Gasteiger partial charge in [-0.15, -0.1) is 0 Å². The summed E-state index contributed by atoms with van der Waals surface area (Å²) in [5.74, 6) is 0.578. The third kappa shape index (κ3) is 8.42. The van der Waals surface area contributed by atoms with Gasteiger partial charge in [-0.25, -0.2) is 0 Å². The van der Waals surface area contributed by atoms with Crippen LogP contribution in [0.1, 0.15) is 46.9 Å². The van der Waals surface area contributed by atoms with E-state index < -0.39 is 0 Å². The average molecular weight is 507 g/mol. The van der Waals surface area contributed by atoms with E-state index in [9.17, 15) is 0 Å². The smallest absolute Gasteiger partial charge is 0.229 e. The lowest BCUT2D eigenvalue weighted by molar-refractivity contribution is 0.316. The minimum Gasteiger partial charge on any atom is -0.416 e. The van der Waals surface area contributed by atoms with Crippen LogP contribution in [0, 0.1) is 0 Å². The van der Waals surface area contributed by atoms with E-state index in [4.69, 9.17) is 8.85 Å². The van der Waals surface area contributed by atoms with Crippen molar-refractivity contribution in [1.29, 1.82) is 0 Å². The predicted molar refractivity (Wildman–Crippen MR) is 152 cm³/mol. The van der Waals surface area contributed by atoms with Crippen LogP contribution < -0.4 is 0 Å². The third-order valence-corrected chi connectivity index (χ3v) is 8.18. The Bertz CT molecular complexity index is 922. The first-order valence-corrected chi connectivity index (χ1v) is 15.0. The van der Waals surface area contributed by atoms with Crippen LogP contribution in [0.3, 0.4) is 0 Å². The van der Waals surface area contributed by atoms with Crippen LogP contribution >= 0.6 is 0 Å². The van der Waals surface area contributed by atoms with E-state index >= 15 is 0 Å². The maximum absolute atomic E-state index is 6.16. The fraction of sp³-hybridized carbons (Fsp3) is 0.250. The fourth-order valence-electron chi connectivity index (χ4n) is 4.33. The Morgan fingerprint density at radius 2 is 0.694 bits per heavy atom.